The molecule has 0 aliphatic heterocycles. The number of hydrogen-bond acceptors (Lipinski definition) is 4. The molecule has 2 aromatic carbocycles. The van der Waals surface area contributed by atoms with Gasteiger partial charge in [-0.3, -0.25) is 25.8 Å². The number of rotatable bonds is 5. The molecule has 0 aliphatic rings. The Bertz CT molecular complexity index is 712. The first-order valence-corrected chi connectivity index (χ1v) is 6.65. The third-order valence-electron chi connectivity index (χ3n) is 3.03. The van der Waals surface area contributed by atoms with Gasteiger partial charge in [0.05, 0.1) is 10.6 Å². The normalized spacial score (nSPS) is 10.9. The Morgan fingerprint density at radius 2 is 1.68 bits per heavy atom. The van der Waals surface area contributed by atoms with E-state index in [0.717, 1.165) is 5.56 Å². The van der Waals surface area contributed by atoms with Gasteiger partial charge in [-0.15, -0.1) is 0 Å². The van der Waals surface area contributed by atoms with Gasteiger partial charge in [-0.2, -0.15) is 0 Å². The molecular weight excluding hydrogens is 282 g/mol. The van der Waals surface area contributed by atoms with Crippen molar-refractivity contribution in [3.63, 3.8) is 0 Å². The van der Waals surface area contributed by atoms with Gasteiger partial charge in [-0.1, -0.05) is 48.5 Å². The molecule has 0 bridgehead atoms. The number of carbonyl (C=O) groups is 1. The number of amides is 1. The van der Waals surface area contributed by atoms with Crippen LogP contribution in [-0.4, -0.2) is 10.8 Å². The summed E-state index contributed by atoms with van der Waals surface area (Å²) >= 11 is 0. The summed E-state index contributed by atoms with van der Waals surface area (Å²) in [6.07, 6.45) is 1.80. The maximum atomic E-state index is 12.1. The van der Waals surface area contributed by atoms with Crippen molar-refractivity contribution in [2.24, 2.45) is 0 Å². The number of benzene rings is 2. The lowest BCUT2D eigenvalue weighted by molar-refractivity contribution is -0.385. The van der Waals surface area contributed by atoms with Crippen LogP contribution in [0.3, 0.4) is 0 Å². The first kappa shape index (κ1) is 15.2. The molecule has 0 saturated carbocycles. The fourth-order valence-corrected chi connectivity index (χ4v) is 1.95. The summed E-state index contributed by atoms with van der Waals surface area (Å²) in [6, 6.07) is 15.2. The molecule has 0 aromatic heterocycles. The van der Waals surface area contributed by atoms with Crippen LogP contribution in [0.2, 0.25) is 0 Å². The maximum absolute atomic E-state index is 12.1. The second kappa shape index (κ2) is 7.03. The van der Waals surface area contributed by atoms with Gasteiger partial charge in [0.1, 0.15) is 5.56 Å². The van der Waals surface area contributed by atoms with E-state index >= 15 is 0 Å². The van der Waals surface area contributed by atoms with Gasteiger partial charge in [0.15, 0.2) is 0 Å². The minimum Gasteiger partial charge on any atom is -0.298 e. The lowest BCUT2D eigenvalue weighted by Gasteiger charge is -2.12. The first-order chi connectivity index (χ1) is 10.6. The van der Waals surface area contributed by atoms with E-state index in [1.807, 2.05) is 37.3 Å². The van der Waals surface area contributed by atoms with Crippen molar-refractivity contribution in [2.45, 2.75) is 6.92 Å². The highest BCUT2D eigenvalue weighted by molar-refractivity contribution is 5.98. The van der Waals surface area contributed by atoms with Crippen molar-refractivity contribution in [2.75, 3.05) is 0 Å². The molecule has 6 nitrogen and oxygen atoms in total. The molecule has 2 rings (SSSR count). The second-order valence-electron chi connectivity index (χ2n) is 4.42. The Morgan fingerprint density at radius 1 is 1.05 bits per heavy atom. The topological polar surface area (TPSA) is 84.3 Å². The fourth-order valence-electron chi connectivity index (χ4n) is 1.95. The number of hydrogen-bond donors (Lipinski definition) is 2. The zero-order chi connectivity index (χ0) is 15.9. The highest BCUT2D eigenvalue weighted by Crippen LogP contribution is 2.17. The van der Waals surface area contributed by atoms with E-state index in [1.54, 1.807) is 12.1 Å². The molecule has 112 valence electrons. The Hall–Kier alpha value is -3.15. The summed E-state index contributed by atoms with van der Waals surface area (Å²) in [7, 11) is 0. The number of allylic oxidation sites excluding steroid dienone is 1. The summed E-state index contributed by atoms with van der Waals surface area (Å²) in [5.41, 5.74) is 6.64. The molecule has 0 fully saturated rings. The molecule has 0 radical (unpaired) electrons. The molecule has 6 heteroatoms. The minimum absolute atomic E-state index is 0.00325. The molecule has 0 aliphatic carbocycles. The summed E-state index contributed by atoms with van der Waals surface area (Å²) in [5.74, 6) is -0.567. The molecular formula is C16H15N3O3. The molecule has 22 heavy (non-hydrogen) atoms. The van der Waals surface area contributed by atoms with Crippen LogP contribution < -0.4 is 10.9 Å². The summed E-state index contributed by atoms with van der Waals surface area (Å²) in [6.45, 7) is 1.83. The molecule has 0 spiro atoms. The summed E-state index contributed by atoms with van der Waals surface area (Å²) in [5, 5.41) is 10.9. The van der Waals surface area contributed by atoms with Crippen molar-refractivity contribution in [3.8, 4) is 0 Å². The van der Waals surface area contributed by atoms with Gasteiger partial charge < -0.3 is 0 Å². The molecule has 2 N–H and O–H groups in total. The number of nitro benzene ring substituents is 1. The van der Waals surface area contributed by atoms with E-state index in [-0.39, 0.29) is 11.3 Å². The maximum Gasteiger partial charge on any atom is 0.282 e. The van der Waals surface area contributed by atoms with Crippen LogP contribution in [0.15, 0.2) is 60.7 Å². The monoisotopic (exact) mass is 297 g/mol. The van der Waals surface area contributed by atoms with Crippen LogP contribution in [0.5, 0.6) is 0 Å². The van der Waals surface area contributed by atoms with Crippen molar-refractivity contribution >= 4 is 17.3 Å². The molecule has 0 unspecified atom stereocenters. The van der Waals surface area contributed by atoms with E-state index in [9.17, 15) is 14.9 Å². The average Bonchev–Trinajstić information content (AvgIpc) is 2.56. The van der Waals surface area contributed by atoms with Crippen LogP contribution in [0.4, 0.5) is 5.69 Å². The Balaban J connectivity index is 2.12. The molecule has 2 aromatic rings. The van der Waals surface area contributed by atoms with Gasteiger partial charge in [0.2, 0.25) is 0 Å². The van der Waals surface area contributed by atoms with Crippen LogP contribution in [-0.2, 0) is 0 Å². The minimum atomic E-state index is -0.581. The lowest BCUT2D eigenvalue weighted by Crippen LogP contribution is -2.36. The Labute approximate surface area is 127 Å². The van der Waals surface area contributed by atoms with E-state index in [1.165, 1.54) is 18.2 Å². The van der Waals surface area contributed by atoms with Crippen LogP contribution in [0, 0.1) is 10.1 Å². The Kier molecular flexibility index (Phi) is 4.87. The van der Waals surface area contributed by atoms with Crippen molar-refractivity contribution < 1.29 is 9.72 Å². The fraction of sp³-hybridized carbons (Fsp3) is 0.0625. The third kappa shape index (κ3) is 3.49. The van der Waals surface area contributed by atoms with Gasteiger partial charge in [-0.25, -0.2) is 0 Å². The Morgan fingerprint density at radius 3 is 2.32 bits per heavy atom. The molecule has 1 amide bonds. The van der Waals surface area contributed by atoms with Crippen molar-refractivity contribution in [1.29, 1.82) is 0 Å². The SMILES string of the molecule is CC=C(NNC(=O)c1ccccc1[N+](=O)[O-])c1ccccc1. The molecule has 0 atom stereocenters. The van der Waals surface area contributed by atoms with Crippen molar-refractivity contribution in [3.05, 3.63) is 81.9 Å². The standard InChI is InChI=1S/C16H15N3O3/c1-2-14(12-8-4-3-5-9-12)17-18-16(20)13-10-6-7-11-15(13)19(21)22/h2-11,17H,1H3,(H,18,20). The van der Waals surface area contributed by atoms with E-state index < -0.39 is 10.8 Å². The van der Waals surface area contributed by atoms with Crippen molar-refractivity contribution in [1.82, 2.24) is 10.9 Å². The van der Waals surface area contributed by atoms with Crippen LogP contribution in [0.1, 0.15) is 22.8 Å². The number of para-hydroxylation sites is 1. The van der Waals surface area contributed by atoms with E-state index in [4.69, 9.17) is 0 Å². The average molecular weight is 297 g/mol. The van der Waals surface area contributed by atoms with Gasteiger partial charge >= 0.3 is 0 Å². The van der Waals surface area contributed by atoms with Gasteiger partial charge in [0.25, 0.3) is 11.6 Å². The third-order valence-corrected chi connectivity index (χ3v) is 3.03. The predicted octanol–water partition coefficient (Wildman–Crippen LogP) is 2.89. The largest absolute Gasteiger partial charge is 0.298 e. The highest BCUT2D eigenvalue weighted by Gasteiger charge is 2.19. The first-order valence-electron chi connectivity index (χ1n) is 6.65. The molecule has 0 saturated heterocycles. The van der Waals surface area contributed by atoms with Gasteiger partial charge in [0, 0.05) is 6.07 Å². The number of carbonyl (C=O) groups excluding carboxylic acids is 1. The lowest BCUT2D eigenvalue weighted by atomic mass is 10.1. The number of nitrogens with zero attached hydrogens (tertiary/aromatic N) is 1. The van der Waals surface area contributed by atoms with E-state index in [2.05, 4.69) is 10.9 Å². The predicted molar refractivity (Wildman–Crippen MR) is 83.8 cm³/mol. The van der Waals surface area contributed by atoms with Crippen LogP contribution >= 0.6 is 0 Å². The summed E-state index contributed by atoms with van der Waals surface area (Å²) < 4.78 is 0. The smallest absolute Gasteiger partial charge is 0.282 e. The number of nitro groups is 1. The number of nitrogens with one attached hydrogen (secondary N) is 2. The van der Waals surface area contributed by atoms with Crippen LogP contribution in [0.25, 0.3) is 5.70 Å². The quantitative estimate of drug-likeness (QED) is 0.656. The zero-order valence-corrected chi connectivity index (χ0v) is 11.9. The highest BCUT2D eigenvalue weighted by atomic mass is 16.6. The summed E-state index contributed by atoms with van der Waals surface area (Å²) in [4.78, 5) is 22.5. The second-order valence-corrected chi connectivity index (χ2v) is 4.42. The van der Waals surface area contributed by atoms with Gasteiger partial charge in [-0.05, 0) is 18.6 Å². The zero-order valence-electron chi connectivity index (χ0n) is 11.9. The molecule has 0 heterocycles. The number of hydrazine groups is 1. The van der Waals surface area contributed by atoms with E-state index in [0.29, 0.717) is 5.70 Å².